The Hall–Kier alpha value is -2.33. The van der Waals surface area contributed by atoms with E-state index in [2.05, 4.69) is 10.5 Å². The average Bonchev–Trinajstić information content (AvgIpc) is 2.49. The highest BCUT2D eigenvalue weighted by molar-refractivity contribution is 6.30. The van der Waals surface area contributed by atoms with Crippen molar-refractivity contribution < 1.29 is 9.90 Å². The third-order valence-corrected chi connectivity index (χ3v) is 3.38. The van der Waals surface area contributed by atoms with Gasteiger partial charge in [0.05, 0.1) is 6.21 Å². The first-order valence-electron chi connectivity index (χ1n) is 6.90. The van der Waals surface area contributed by atoms with Crippen molar-refractivity contribution in [2.75, 3.05) is 0 Å². The van der Waals surface area contributed by atoms with E-state index in [0.29, 0.717) is 23.4 Å². The smallest absolute Gasteiger partial charge is 0.240 e. The number of phenols is 1. The highest BCUT2D eigenvalue weighted by atomic mass is 35.5. The SMILES string of the molecule is Cc1ccc(/C=N\NC(=O)CCc2ccc(Cl)cc2)c(O)c1. The molecule has 0 heterocycles. The number of amides is 1. The number of rotatable bonds is 5. The summed E-state index contributed by atoms with van der Waals surface area (Å²) in [5.74, 6) is -0.0445. The number of aryl methyl sites for hydroxylation is 2. The summed E-state index contributed by atoms with van der Waals surface area (Å²) in [5, 5.41) is 14.2. The van der Waals surface area contributed by atoms with Crippen molar-refractivity contribution in [2.24, 2.45) is 5.10 Å². The minimum atomic E-state index is -0.183. The summed E-state index contributed by atoms with van der Waals surface area (Å²) in [4.78, 5) is 11.7. The first-order valence-corrected chi connectivity index (χ1v) is 7.28. The number of aromatic hydroxyl groups is 1. The molecule has 0 aliphatic rings. The van der Waals surface area contributed by atoms with Crippen LogP contribution in [0.25, 0.3) is 0 Å². The number of halogens is 1. The topological polar surface area (TPSA) is 61.7 Å². The predicted molar refractivity (Wildman–Crippen MR) is 88.4 cm³/mol. The van der Waals surface area contributed by atoms with Crippen LogP contribution in [-0.4, -0.2) is 17.2 Å². The number of benzene rings is 2. The number of carbonyl (C=O) groups excluding carboxylic acids is 1. The fourth-order valence-corrected chi connectivity index (χ4v) is 2.03. The van der Waals surface area contributed by atoms with Crippen LogP contribution in [0.2, 0.25) is 5.02 Å². The van der Waals surface area contributed by atoms with Crippen molar-refractivity contribution in [2.45, 2.75) is 19.8 Å². The van der Waals surface area contributed by atoms with Gasteiger partial charge in [-0.1, -0.05) is 29.8 Å². The van der Waals surface area contributed by atoms with Crippen molar-refractivity contribution in [1.29, 1.82) is 0 Å². The van der Waals surface area contributed by atoms with E-state index >= 15 is 0 Å². The summed E-state index contributed by atoms with van der Waals surface area (Å²) < 4.78 is 0. The molecule has 2 rings (SSSR count). The number of phenolic OH excluding ortho intramolecular Hbond substituents is 1. The Morgan fingerprint density at radius 3 is 2.68 bits per heavy atom. The molecule has 2 aromatic rings. The molecule has 1 amide bonds. The van der Waals surface area contributed by atoms with Crippen LogP contribution in [0, 0.1) is 6.92 Å². The molecule has 0 aliphatic heterocycles. The van der Waals surface area contributed by atoms with Crippen LogP contribution in [0.15, 0.2) is 47.6 Å². The van der Waals surface area contributed by atoms with Crippen LogP contribution in [0.4, 0.5) is 0 Å². The van der Waals surface area contributed by atoms with Gasteiger partial charge in [-0.15, -0.1) is 0 Å². The van der Waals surface area contributed by atoms with E-state index in [1.54, 1.807) is 24.3 Å². The molecule has 22 heavy (non-hydrogen) atoms. The summed E-state index contributed by atoms with van der Waals surface area (Å²) in [6.45, 7) is 1.89. The Kier molecular flexibility index (Phi) is 5.55. The first-order chi connectivity index (χ1) is 10.5. The lowest BCUT2D eigenvalue weighted by molar-refractivity contribution is -0.121. The lowest BCUT2D eigenvalue weighted by Gasteiger charge is -2.02. The van der Waals surface area contributed by atoms with Gasteiger partial charge in [0, 0.05) is 17.0 Å². The van der Waals surface area contributed by atoms with Crippen molar-refractivity contribution in [1.82, 2.24) is 5.43 Å². The predicted octanol–water partition coefficient (Wildman–Crippen LogP) is 3.44. The van der Waals surface area contributed by atoms with Gasteiger partial charge in [0.15, 0.2) is 0 Å². The maximum atomic E-state index is 11.7. The molecule has 0 saturated carbocycles. The molecule has 0 spiro atoms. The first kappa shape index (κ1) is 16.0. The molecule has 0 aromatic heterocycles. The van der Waals surface area contributed by atoms with E-state index < -0.39 is 0 Å². The molecular formula is C17H17ClN2O2. The van der Waals surface area contributed by atoms with Gasteiger partial charge < -0.3 is 5.11 Å². The molecule has 0 aliphatic carbocycles. The second-order valence-corrected chi connectivity index (χ2v) is 5.42. The molecule has 0 radical (unpaired) electrons. The Morgan fingerprint density at radius 2 is 2.00 bits per heavy atom. The molecule has 0 unspecified atom stereocenters. The molecule has 0 saturated heterocycles. The molecule has 0 atom stereocenters. The summed E-state index contributed by atoms with van der Waals surface area (Å²) in [5.41, 5.74) is 5.01. The molecule has 0 bridgehead atoms. The Balaban J connectivity index is 1.82. The van der Waals surface area contributed by atoms with E-state index in [4.69, 9.17) is 11.6 Å². The van der Waals surface area contributed by atoms with Crippen LogP contribution in [-0.2, 0) is 11.2 Å². The number of nitrogens with zero attached hydrogens (tertiary/aromatic N) is 1. The van der Waals surface area contributed by atoms with Crippen LogP contribution >= 0.6 is 11.6 Å². The number of carbonyl (C=O) groups is 1. The van der Waals surface area contributed by atoms with Gasteiger partial charge in [-0.05, 0) is 48.7 Å². The van der Waals surface area contributed by atoms with E-state index in [-0.39, 0.29) is 11.7 Å². The molecular weight excluding hydrogens is 300 g/mol. The number of hydrogen-bond donors (Lipinski definition) is 2. The van der Waals surface area contributed by atoms with Gasteiger partial charge in [-0.3, -0.25) is 4.79 Å². The lowest BCUT2D eigenvalue weighted by Crippen LogP contribution is -2.17. The van der Waals surface area contributed by atoms with Crippen molar-refractivity contribution in [3.8, 4) is 5.75 Å². The molecule has 0 fully saturated rings. The van der Waals surface area contributed by atoms with Crippen molar-refractivity contribution in [3.63, 3.8) is 0 Å². The van der Waals surface area contributed by atoms with Gasteiger partial charge in [0.1, 0.15) is 5.75 Å². The zero-order valence-electron chi connectivity index (χ0n) is 12.2. The number of nitrogens with one attached hydrogen (secondary N) is 1. The Bertz CT molecular complexity index is 682. The van der Waals surface area contributed by atoms with E-state index in [1.807, 2.05) is 25.1 Å². The van der Waals surface area contributed by atoms with Gasteiger partial charge in [-0.2, -0.15) is 5.10 Å². The molecule has 4 nitrogen and oxygen atoms in total. The maximum Gasteiger partial charge on any atom is 0.240 e. The largest absolute Gasteiger partial charge is 0.507 e. The van der Waals surface area contributed by atoms with Gasteiger partial charge >= 0.3 is 0 Å². The van der Waals surface area contributed by atoms with Gasteiger partial charge in [0.25, 0.3) is 0 Å². The second kappa shape index (κ2) is 7.61. The third kappa shape index (κ3) is 4.90. The second-order valence-electron chi connectivity index (χ2n) is 4.98. The highest BCUT2D eigenvalue weighted by Gasteiger charge is 2.02. The summed E-state index contributed by atoms with van der Waals surface area (Å²) >= 11 is 5.80. The fraction of sp³-hybridized carbons (Fsp3) is 0.176. The third-order valence-electron chi connectivity index (χ3n) is 3.13. The number of hydrogen-bond acceptors (Lipinski definition) is 3. The average molecular weight is 317 g/mol. The minimum Gasteiger partial charge on any atom is -0.507 e. The quantitative estimate of drug-likeness (QED) is 0.655. The summed E-state index contributed by atoms with van der Waals surface area (Å²) in [6, 6.07) is 12.6. The van der Waals surface area contributed by atoms with Crippen LogP contribution in [0.3, 0.4) is 0 Å². The van der Waals surface area contributed by atoms with Crippen molar-refractivity contribution >= 4 is 23.7 Å². The van der Waals surface area contributed by atoms with Crippen molar-refractivity contribution in [3.05, 3.63) is 64.2 Å². The van der Waals surface area contributed by atoms with Crippen LogP contribution in [0.5, 0.6) is 5.75 Å². The van der Waals surface area contributed by atoms with Crippen LogP contribution < -0.4 is 5.43 Å². The van der Waals surface area contributed by atoms with Gasteiger partial charge in [0.2, 0.25) is 5.91 Å². The lowest BCUT2D eigenvalue weighted by atomic mass is 10.1. The van der Waals surface area contributed by atoms with E-state index in [0.717, 1.165) is 11.1 Å². The molecule has 114 valence electrons. The van der Waals surface area contributed by atoms with E-state index in [1.165, 1.54) is 6.21 Å². The molecule has 2 aromatic carbocycles. The summed E-state index contributed by atoms with van der Waals surface area (Å²) in [6.07, 6.45) is 2.38. The monoisotopic (exact) mass is 316 g/mol. The number of hydrazone groups is 1. The highest BCUT2D eigenvalue weighted by Crippen LogP contribution is 2.16. The Labute approximate surface area is 134 Å². The van der Waals surface area contributed by atoms with Gasteiger partial charge in [-0.25, -0.2) is 5.43 Å². The molecule has 5 heteroatoms. The fourth-order valence-electron chi connectivity index (χ4n) is 1.90. The zero-order chi connectivity index (χ0) is 15.9. The van der Waals surface area contributed by atoms with E-state index in [9.17, 15) is 9.90 Å². The zero-order valence-corrected chi connectivity index (χ0v) is 13.0. The molecule has 2 N–H and O–H groups in total. The maximum absolute atomic E-state index is 11.7. The standard InChI is InChI=1S/C17H17ClN2O2/c1-12-2-6-14(16(21)10-12)11-19-20-17(22)9-5-13-3-7-15(18)8-4-13/h2-4,6-8,10-11,21H,5,9H2,1H3,(H,20,22)/b19-11-. The minimum absolute atomic E-state index is 0.138. The summed E-state index contributed by atoms with van der Waals surface area (Å²) in [7, 11) is 0. The van der Waals surface area contributed by atoms with Crippen LogP contribution in [0.1, 0.15) is 23.1 Å². The Morgan fingerprint density at radius 1 is 1.27 bits per heavy atom. The normalized spacial score (nSPS) is 10.8.